The second-order valence-corrected chi connectivity index (χ2v) is 8.50. The van der Waals surface area contributed by atoms with Gasteiger partial charge in [-0.05, 0) is 47.7 Å². The van der Waals surface area contributed by atoms with Crippen LogP contribution in [0.1, 0.15) is 39.6 Å². The molecular formula is C27H27N3O5. The SMILES string of the molecule is COCc1nn2cc3c(nc2c1-c1cccc(OC)c1)CC(c1ccc(OC)c(OC)c1)CC3=O. The molecule has 0 bridgehead atoms. The van der Waals surface area contributed by atoms with Crippen LogP contribution >= 0.6 is 0 Å². The monoisotopic (exact) mass is 473 g/mol. The average Bonchev–Trinajstić information content (AvgIpc) is 3.24. The van der Waals surface area contributed by atoms with Crippen molar-refractivity contribution in [3.63, 3.8) is 0 Å². The molecule has 1 aliphatic carbocycles. The number of rotatable bonds is 7. The van der Waals surface area contributed by atoms with Crippen LogP contribution in [0.2, 0.25) is 0 Å². The van der Waals surface area contributed by atoms with Gasteiger partial charge in [0.15, 0.2) is 22.9 Å². The fourth-order valence-electron chi connectivity index (χ4n) is 4.74. The van der Waals surface area contributed by atoms with Gasteiger partial charge in [0.25, 0.3) is 0 Å². The molecule has 2 heterocycles. The lowest BCUT2D eigenvalue weighted by molar-refractivity contribution is 0.0962. The minimum absolute atomic E-state index is 0.00797. The standard InChI is InChI=1S/C27H27N3O5/c1-32-15-22-26(17-6-5-7-19(10-17)33-2)27-28-21-11-18(12-23(31)20(21)14-30(27)29-22)16-8-9-24(34-3)25(13-16)35-4/h5-10,13-14,18H,11-12,15H2,1-4H3. The molecule has 0 saturated heterocycles. The Labute approximate surface area is 203 Å². The molecule has 0 radical (unpaired) electrons. The van der Waals surface area contributed by atoms with Gasteiger partial charge in [-0.3, -0.25) is 4.79 Å². The Balaban J connectivity index is 1.61. The van der Waals surface area contributed by atoms with Crippen molar-refractivity contribution in [1.29, 1.82) is 0 Å². The number of nitrogens with zero attached hydrogens (tertiary/aromatic N) is 3. The van der Waals surface area contributed by atoms with E-state index in [4.69, 9.17) is 29.0 Å². The van der Waals surface area contributed by atoms with Gasteiger partial charge in [-0.15, -0.1) is 0 Å². The molecule has 1 atom stereocenters. The minimum atomic E-state index is -0.00797. The smallest absolute Gasteiger partial charge is 0.166 e. The number of ketones is 1. The van der Waals surface area contributed by atoms with Crippen LogP contribution < -0.4 is 14.2 Å². The summed E-state index contributed by atoms with van der Waals surface area (Å²) in [7, 11) is 6.49. The van der Waals surface area contributed by atoms with E-state index in [0.29, 0.717) is 42.2 Å². The Bertz CT molecular complexity index is 1410. The van der Waals surface area contributed by atoms with Crippen molar-refractivity contribution in [2.45, 2.75) is 25.4 Å². The van der Waals surface area contributed by atoms with E-state index in [9.17, 15) is 4.79 Å². The molecule has 0 fully saturated rings. The summed E-state index contributed by atoms with van der Waals surface area (Å²) in [5.74, 6) is 2.09. The Morgan fingerprint density at radius 2 is 1.80 bits per heavy atom. The predicted molar refractivity (Wildman–Crippen MR) is 131 cm³/mol. The number of hydrogen-bond acceptors (Lipinski definition) is 7. The van der Waals surface area contributed by atoms with Crippen molar-refractivity contribution >= 4 is 11.4 Å². The van der Waals surface area contributed by atoms with E-state index >= 15 is 0 Å². The fourth-order valence-corrected chi connectivity index (χ4v) is 4.74. The van der Waals surface area contributed by atoms with E-state index < -0.39 is 0 Å². The summed E-state index contributed by atoms with van der Waals surface area (Å²) in [4.78, 5) is 18.2. The lowest BCUT2D eigenvalue weighted by atomic mass is 9.82. The molecule has 0 aliphatic heterocycles. The number of carbonyl (C=O) groups excluding carboxylic acids is 1. The molecule has 1 aliphatic rings. The number of hydrogen-bond donors (Lipinski definition) is 0. The van der Waals surface area contributed by atoms with E-state index in [0.717, 1.165) is 33.8 Å². The normalized spacial score (nSPS) is 15.2. The first-order valence-electron chi connectivity index (χ1n) is 11.4. The largest absolute Gasteiger partial charge is 0.497 e. The van der Waals surface area contributed by atoms with Gasteiger partial charge in [-0.2, -0.15) is 5.10 Å². The number of methoxy groups -OCH3 is 4. The van der Waals surface area contributed by atoms with Gasteiger partial charge >= 0.3 is 0 Å². The van der Waals surface area contributed by atoms with E-state index in [-0.39, 0.29) is 11.7 Å². The summed E-state index contributed by atoms with van der Waals surface area (Å²) >= 11 is 0. The second kappa shape index (κ2) is 9.38. The molecule has 2 aromatic heterocycles. The Hall–Kier alpha value is -3.91. The first-order chi connectivity index (χ1) is 17.1. The molecule has 0 amide bonds. The van der Waals surface area contributed by atoms with Gasteiger partial charge in [-0.25, -0.2) is 9.50 Å². The van der Waals surface area contributed by atoms with Crippen LogP contribution in [0.3, 0.4) is 0 Å². The van der Waals surface area contributed by atoms with Crippen molar-refractivity contribution in [1.82, 2.24) is 14.6 Å². The number of carbonyl (C=O) groups is 1. The molecule has 0 spiro atoms. The van der Waals surface area contributed by atoms with E-state index in [1.165, 1.54) is 0 Å². The lowest BCUT2D eigenvalue weighted by Crippen LogP contribution is -2.21. The van der Waals surface area contributed by atoms with Crippen molar-refractivity contribution in [2.24, 2.45) is 0 Å². The average molecular weight is 474 g/mol. The summed E-state index contributed by atoms with van der Waals surface area (Å²) in [5.41, 5.74) is 5.63. The molecule has 35 heavy (non-hydrogen) atoms. The van der Waals surface area contributed by atoms with Gasteiger partial charge in [0.05, 0.1) is 50.5 Å². The highest BCUT2D eigenvalue weighted by molar-refractivity contribution is 5.99. The molecule has 180 valence electrons. The van der Waals surface area contributed by atoms with Crippen LogP contribution in [0.4, 0.5) is 0 Å². The maximum atomic E-state index is 13.2. The predicted octanol–water partition coefficient (Wildman–Crippen LogP) is 4.48. The van der Waals surface area contributed by atoms with Gasteiger partial charge in [0, 0.05) is 19.7 Å². The van der Waals surface area contributed by atoms with Gasteiger partial charge in [0.1, 0.15) is 5.75 Å². The zero-order valence-corrected chi connectivity index (χ0v) is 20.2. The molecule has 0 saturated carbocycles. The van der Waals surface area contributed by atoms with E-state index in [2.05, 4.69) is 0 Å². The van der Waals surface area contributed by atoms with E-state index in [1.54, 1.807) is 39.2 Å². The third-order valence-corrected chi connectivity index (χ3v) is 6.45. The molecule has 4 aromatic rings. The number of ether oxygens (including phenoxy) is 4. The molecule has 0 N–H and O–H groups in total. The third kappa shape index (κ3) is 4.10. The highest BCUT2D eigenvalue weighted by Crippen LogP contribution is 2.38. The minimum Gasteiger partial charge on any atom is -0.497 e. The maximum absolute atomic E-state index is 13.2. The zero-order chi connectivity index (χ0) is 24.5. The van der Waals surface area contributed by atoms with Crippen LogP contribution in [0.15, 0.2) is 48.7 Å². The number of aromatic nitrogens is 3. The van der Waals surface area contributed by atoms with Crippen LogP contribution in [-0.2, 0) is 17.8 Å². The molecule has 2 aromatic carbocycles. The van der Waals surface area contributed by atoms with E-state index in [1.807, 2.05) is 42.5 Å². The Kier molecular flexibility index (Phi) is 6.13. The van der Waals surface area contributed by atoms with Gasteiger partial charge < -0.3 is 18.9 Å². The summed E-state index contributed by atoms with van der Waals surface area (Å²) < 4.78 is 23.4. The lowest BCUT2D eigenvalue weighted by Gasteiger charge is -2.24. The third-order valence-electron chi connectivity index (χ3n) is 6.45. The fraction of sp³-hybridized carbons (Fsp3) is 0.296. The summed E-state index contributed by atoms with van der Waals surface area (Å²) in [5, 5.41) is 4.70. The van der Waals surface area contributed by atoms with Gasteiger partial charge in [0.2, 0.25) is 0 Å². The molecular weight excluding hydrogens is 446 g/mol. The first kappa shape index (κ1) is 22.9. The molecule has 1 unspecified atom stereocenters. The Morgan fingerprint density at radius 1 is 0.971 bits per heavy atom. The molecule has 8 heteroatoms. The van der Waals surface area contributed by atoms with Crippen molar-refractivity contribution in [3.05, 3.63) is 71.2 Å². The number of Topliss-reactive ketones (excluding diaryl/α,β-unsaturated/α-hetero) is 1. The molecule has 8 nitrogen and oxygen atoms in total. The van der Waals surface area contributed by atoms with Gasteiger partial charge in [-0.1, -0.05) is 18.2 Å². The van der Waals surface area contributed by atoms with Crippen molar-refractivity contribution < 1.29 is 23.7 Å². The highest BCUT2D eigenvalue weighted by Gasteiger charge is 2.30. The summed E-state index contributed by atoms with van der Waals surface area (Å²) in [6.07, 6.45) is 2.83. The summed E-state index contributed by atoms with van der Waals surface area (Å²) in [6.45, 7) is 0.322. The highest BCUT2D eigenvalue weighted by atomic mass is 16.5. The van der Waals surface area contributed by atoms with Crippen molar-refractivity contribution in [2.75, 3.05) is 28.4 Å². The van der Waals surface area contributed by atoms with Crippen molar-refractivity contribution in [3.8, 4) is 28.4 Å². The van der Waals surface area contributed by atoms with Crippen LogP contribution in [0.5, 0.6) is 17.2 Å². The number of fused-ring (bicyclic) bond motifs is 2. The zero-order valence-electron chi connectivity index (χ0n) is 20.2. The maximum Gasteiger partial charge on any atom is 0.166 e. The molecule has 5 rings (SSSR count). The van der Waals surface area contributed by atoms with Crippen LogP contribution in [0.25, 0.3) is 16.8 Å². The summed E-state index contributed by atoms with van der Waals surface area (Å²) in [6, 6.07) is 13.6. The Morgan fingerprint density at radius 3 is 2.54 bits per heavy atom. The van der Waals surface area contributed by atoms with Crippen LogP contribution in [0, 0.1) is 0 Å². The quantitative estimate of drug-likeness (QED) is 0.391. The van der Waals surface area contributed by atoms with Crippen LogP contribution in [-0.4, -0.2) is 48.8 Å². The first-order valence-corrected chi connectivity index (χ1v) is 11.4. The number of benzene rings is 2. The topological polar surface area (TPSA) is 84.2 Å². The second-order valence-electron chi connectivity index (χ2n) is 8.50.